The molecule has 1 N–H and O–H groups in total. The first-order chi connectivity index (χ1) is 6.13. The Bertz CT molecular complexity index is 146. The Morgan fingerprint density at radius 3 is 2.38 bits per heavy atom. The number of hydrogen-bond acceptors (Lipinski definition) is 2. The molecule has 0 aliphatic heterocycles. The van der Waals surface area contributed by atoms with Crippen LogP contribution in [0.2, 0.25) is 0 Å². The zero-order valence-electron chi connectivity index (χ0n) is 9.26. The van der Waals surface area contributed by atoms with Gasteiger partial charge in [0.05, 0.1) is 0 Å². The van der Waals surface area contributed by atoms with E-state index in [0.717, 1.165) is 19.6 Å². The van der Waals surface area contributed by atoms with Gasteiger partial charge in [0.2, 0.25) is 5.91 Å². The Labute approximate surface area is 81.5 Å². The lowest BCUT2D eigenvalue weighted by molar-refractivity contribution is -0.132. The van der Waals surface area contributed by atoms with Gasteiger partial charge >= 0.3 is 0 Å². The van der Waals surface area contributed by atoms with Gasteiger partial charge in [-0.05, 0) is 20.4 Å². The second-order valence-corrected chi connectivity index (χ2v) is 3.39. The summed E-state index contributed by atoms with van der Waals surface area (Å²) in [5.74, 6) is 0.243. The lowest BCUT2D eigenvalue weighted by Gasteiger charge is -2.26. The molecule has 0 aliphatic carbocycles. The molecule has 0 aromatic carbocycles. The van der Waals surface area contributed by atoms with Crippen molar-refractivity contribution in [3.05, 3.63) is 0 Å². The van der Waals surface area contributed by atoms with Crippen molar-refractivity contribution in [3.8, 4) is 0 Å². The highest BCUT2D eigenvalue weighted by Gasteiger charge is 2.13. The van der Waals surface area contributed by atoms with Crippen LogP contribution in [0.4, 0.5) is 0 Å². The Kier molecular flexibility index (Phi) is 6.59. The van der Waals surface area contributed by atoms with Gasteiger partial charge in [-0.1, -0.05) is 13.8 Å². The van der Waals surface area contributed by atoms with Crippen LogP contribution in [0.25, 0.3) is 0 Å². The van der Waals surface area contributed by atoms with Crippen LogP contribution in [0, 0.1) is 0 Å². The molecule has 0 saturated carbocycles. The molecule has 0 radical (unpaired) electrons. The SMILES string of the molecule is CCNCCN(C(=O)CC)C(C)C. The molecule has 0 unspecified atom stereocenters. The molecule has 0 aliphatic rings. The molecular weight excluding hydrogens is 164 g/mol. The van der Waals surface area contributed by atoms with Crippen molar-refractivity contribution in [1.82, 2.24) is 10.2 Å². The third-order valence-corrected chi connectivity index (χ3v) is 2.03. The lowest BCUT2D eigenvalue weighted by atomic mass is 10.3. The Balaban J connectivity index is 3.88. The summed E-state index contributed by atoms with van der Waals surface area (Å²) in [6, 6.07) is 0.311. The van der Waals surface area contributed by atoms with Crippen LogP contribution in [0.15, 0.2) is 0 Å². The fourth-order valence-corrected chi connectivity index (χ4v) is 1.25. The van der Waals surface area contributed by atoms with E-state index in [2.05, 4.69) is 26.1 Å². The van der Waals surface area contributed by atoms with Gasteiger partial charge in [0.25, 0.3) is 0 Å². The minimum absolute atomic E-state index is 0.243. The normalized spacial score (nSPS) is 10.5. The van der Waals surface area contributed by atoms with Gasteiger partial charge < -0.3 is 10.2 Å². The first-order valence-corrected chi connectivity index (χ1v) is 5.13. The summed E-state index contributed by atoms with van der Waals surface area (Å²) in [5, 5.41) is 3.22. The van der Waals surface area contributed by atoms with Gasteiger partial charge in [-0.2, -0.15) is 0 Å². The highest BCUT2D eigenvalue weighted by Crippen LogP contribution is 2.00. The van der Waals surface area contributed by atoms with Gasteiger partial charge in [0.15, 0.2) is 0 Å². The van der Waals surface area contributed by atoms with Crippen LogP contribution in [0.3, 0.4) is 0 Å². The second kappa shape index (κ2) is 6.89. The number of nitrogens with one attached hydrogen (secondary N) is 1. The zero-order valence-corrected chi connectivity index (χ0v) is 9.26. The van der Waals surface area contributed by atoms with Crippen LogP contribution < -0.4 is 5.32 Å². The maximum absolute atomic E-state index is 11.4. The van der Waals surface area contributed by atoms with Gasteiger partial charge in [-0.15, -0.1) is 0 Å². The van der Waals surface area contributed by atoms with Gasteiger partial charge in [-0.3, -0.25) is 4.79 Å². The first kappa shape index (κ1) is 12.4. The smallest absolute Gasteiger partial charge is 0.222 e. The summed E-state index contributed by atoms with van der Waals surface area (Å²) in [7, 11) is 0. The van der Waals surface area contributed by atoms with Crippen molar-refractivity contribution in [3.63, 3.8) is 0 Å². The molecule has 0 fully saturated rings. The molecule has 3 nitrogen and oxygen atoms in total. The molecule has 13 heavy (non-hydrogen) atoms. The fourth-order valence-electron chi connectivity index (χ4n) is 1.25. The molecular formula is C10H22N2O. The number of nitrogens with zero attached hydrogens (tertiary/aromatic N) is 1. The summed E-state index contributed by atoms with van der Waals surface area (Å²) in [4.78, 5) is 13.4. The summed E-state index contributed by atoms with van der Waals surface area (Å²) in [6.07, 6.45) is 0.601. The van der Waals surface area contributed by atoms with Crippen LogP contribution in [0.5, 0.6) is 0 Å². The standard InChI is InChI=1S/C10H22N2O/c1-5-10(13)12(9(3)4)8-7-11-6-2/h9,11H,5-8H2,1-4H3. The van der Waals surface area contributed by atoms with E-state index in [1.807, 2.05) is 11.8 Å². The third-order valence-electron chi connectivity index (χ3n) is 2.03. The zero-order chi connectivity index (χ0) is 10.3. The van der Waals surface area contributed by atoms with Crippen LogP contribution in [0.1, 0.15) is 34.1 Å². The quantitative estimate of drug-likeness (QED) is 0.633. The predicted octanol–water partition coefficient (Wildman–Crippen LogP) is 1.24. The van der Waals surface area contributed by atoms with E-state index < -0.39 is 0 Å². The Morgan fingerprint density at radius 1 is 1.38 bits per heavy atom. The molecule has 78 valence electrons. The van der Waals surface area contributed by atoms with E-state index in [1.165, 1.54) is 0 Å². The topological polar surface area (TPSA) is 32.3 Å². The van der Waals surface area contributed by atoms with Crippen molar-refractivity contribution in [2.24, 2.45) is 0 Å². The van der Waals surface area contributed by atoms with Crippen molar-refractivity contribution >= 4 is 5.91 Å². The van der Waals surface area contributed by atoms with Crippen LogP contribution in [-0.4, -0.2) is 36.5 Å². The summed E-state index contributed by atoms with van der Waals surface area (Å²) in [5.41, 5.74) is 0. The summed E-state index contributed by atoms with van der Waals surface area (Å²) >= 11 is 0. The minimum Gasteiger partial charge on any atom is -0.339 e. The van der Waals surface area contributed by atoms with Crippen molar-refractivity contribution in [2.45, 2.75) is 40.2 Å². The highest BCUT2D eigenvalue weighted by atomic mass is 16.2. The molecule has 0 aromatic rings. The number of rotatable bonds is 6. The van der Waals surface area contributed by atoms with Gasteiger partial charge in [0, 0.05) is 25.6 Å². The third kappa shape index (κ3) is 4.88. The van der Waals surface area contributed by atoms with E-state index in [0.29, 0.717) is 12.5 Å². The van der Waals surface area contributed by atoms with E-state index in [4.69, 9.17) is 0 Å². The monoisotopic (exact) mass is 186 g/mol. The largest absolute Gasteiger partial charge is 0.339 e. The van der Waals surface area contributed by atoms with Gasteiger partial charge in [0.1, 0.15) is 0 Å². The maximum atomic E-state index is 11.4. The minimum atomic E-state index is 0.243. The lowest BCUT2D eigenvalue weighted by Crippen LogP contribution is -2.41. The molecule has 0 saturated heterocycles. The van der Waals surface area contributed by atoms with Crippen molar-refractivity contribution in [1.29, 1.82) is 0 Å². The number of carbonyl (C=O) groups is 1. The molecule has 3 heteroatoms. The Hall–Kier alpha value is -0.570. The van der Waals surface area contributed by atoms with Crippen LogP contribution >= 0.6 is 0 Å². The summed E-state index contributed by atoms with van der Waals surface area (Å²) in [6.45, 7) is 10.8. The van der Waals surface area contributed by atoms with Gasteiger partial charge in [-0.25, -0.2) is 0 Å². The number of carbonyl (C=O) groups excluding carboxylic acids is 1. The van der Waals surface area contributed by atoms with Crippen molar-refractivity contribution < 1.29 is 4.79 Å². The van der Waals surface area contributed by atoms with E-state index >= 15 is 0 Å². The average molecular weight is 186 g/mol. The van der Waals surface area contributed by atoms with E-state index in [1.54, 1.807) is 0 Å². The summed E-state index contributed by atoms with van der Waals surface area (Å²) < 4.78 is 0. The van der Waals surface area contributed by atoms with Crippen LogP contribution in [-0.2, 0) is 4.79 Å². The molecule has 0 atom stereocenters. The molecule has 0 bridgehead atoms. The first-order valence-electron chi connectivity index (χ1n) is 5.13. The maximum Gasteiger partial charge on any atom is 0.222 e. The second-order valence-electron chi connectivity index (χ2n) is 3.39. The van der Waals surface area contributed by atoms with E-state index in [-0.39, 0.29) is 5.91 Å². The fraction of sp³-hybridized carbons (Fsp3) is 0.900. The van der Waals surface area contributed by atoms with E-state index in [9.17, 15) is 4.79 Å². The number of amides is 1. The molecule has 0 spiro atoms. The average Bonchev–Trinajstić information content (AvgIpc) is 2.11. The number of hydrogen-bond donors (Lipinski definition) is 1. The van der Waals surface area contributed by atoms with Crippen molar-refractivity contribution in [2.75, 3.05) is 19.6 Å². The number of likely N-dealkylation sites (N-methyl/N-ethyl adjacent to an activating group) is 1. The molecule has 0 aromatic heterocycles. The Morgan fingerprint density at radius 2 is 2.00 bits per heavy atom. The molecule has 1 amide bonds. The highest BCUT2D eigenvalue weighted by molar-refractivity contribution is 5.76. The predicted molar refractivity (Wildman–Crippen MR) is 55.7 cm³/mol. The molecule has 0 heterocycles. The molecule has 0 rings (SSSR count).